The fraction of sp³-hybridized carbons (Fsp3) is 0.400. The molecule has 0 unspecified atom stereocenters. The summed E-state index contributed by atoms with van der Waals surface area (Å²) in [5.41, 5.74) is 7.02. The molecule has 1 atom stereocenters. The van der Waals surface area contributed by atoms with E-state index >= 15 is 0 Å². The van der Waals surface area contributed by atoms with Crippen LogP contribution in [-0.2, 0) is 6.42 Å². The first-order chi connectivity index (χ1) is 5.68. The van der Waals surface area contributed by atoms with Gasteiger partial charge in [0.1, 0.15) is 0 Å². The van der Waals surface area contributed by atoms with Crippen LogP contribution in [0.25, 0.3) is 0 Å². The molecule has 0 aliphatic carbocycles. The molecule has 1 rings (SSSR count). The van der Waals surface area contributed by atoms with Gasteiger partial charge in [0.2, 0.25) is 0 Å². The van der Waals surface area contributed by atoms with Crippen LogP contribution in [0.5, 0.6) is 0 Å². The van der Waals surface area contributed by atoms with Gasteiger partial charge in [-0.05, 0) is 37.5 Å². The fourth-order valence-electron chi connectivity index (χ4n) is 1.09. The van der Waals surface area contributed by atoms with Crippen LogP contribution in [0.15, 0.2) is 28.7 Å². The van der Waals surface area contributed by atoms with E-state index in [0.29, 0.717) is 6.04 Å². The predicted octanol–water partition coefficient (Wildman–Crippen LogP) is 2.73. The summed E-state index contributed by atoms with van der Waals surface area (Å²) in [6.07, 6.45) is 2.12. The molecule has 0 saturated heterocycles. The van der Waals surface area contributed by atoms with E-state index in [4.69, 9.17) is 5.73 Å². The summed E-state index contributed by atoms with van der Waals surface area (Å²) in [6.45, 7) is 2.04. The third-order valence-corrected chi connectivity index (χ3v) is 2.27. The topological polar surface area (TPSA) is 26.0 Å². The lowest BCUT2D eigenvalue weighted by Gasteiger charge is -2.04. The standard InChI is InChI=1S/C10H14BrN/c1-8(12)5-6-9-3-2-4-10(11)7-9/h2-4,7-8H,5-6,12H2,1H3/t8-/m1/s1. The summed E-state index contributed by atoms with van der Waals surface area (Å²) in [5.74, 6) is 0. The smallest absolute Gasteiger partial charge is 0.0177 e. The van der Waals surface area contributed by atoms with Gasteiger partial charge in [0.15, 0.2) is 0 Å². The van der Waals surface area contributed by atoms with Crippen molar-refractivity contribution in [2.24, 2.45) is 5.73 Å². The van der Waals surface area contributed by atoms with Gasteiger partial charge in [0.25, 0.3) is 0 Å². The van der Waals surface area contributed by atoms with Gasteiger partial charge in [-0.2, -0.15) is 0 Å². The Kier molecular flexibility index (Phi) is 3.76. The fourth-order valence-corrected chi connectivity index (χ4v) is 1.53. The molecule has 0 aliphatic rings. The molecule has 0 amide bonds. The first kappa shape index (κ1) is 9.75. The number of hydrogen-bond donors (Lipinski definition) is 1. The molecule has 0 spiro atoms. The van der Waals surface area contributed by atoms with Gasteiger partial charge in [0, 0.05) is 10.5 Å². The molecule has 0 saturated carbocycles. The van der Waals surface area contributed by atoms with Gasteiger partial charge < -0.3 is 5.73 Å². The van der Waals surface area contributed by atoms with Crippen molar-refractivity contribution < 1.29 is 0 Å². The van der Waals surface area contributed by atoms with Crippen molar-refractivity contribution >= 4 is 15.9 Å². The summed E-state index contributed by atoms with van der Waals surface area (Å²) in [7, 11) is 0. The number of rotatable bonds is 3. The van der Waals surface area contributed by atoms with Crippen molar-refractivity contribution in [3.8, 4) is 0 Å². The Hall–Kier alpha value is -0.340. The predicted molar refractivity (Wildman–Crippen MR) is 56.1 cm³/mol. The van der Waals surface area contributed by atoms with Crippen LogP contribution in [0.2, 0.25) is 0 Å². The Bertz CT molecular complexity index is 245. The maximum Gasteiger partial charge on any atom is 0.0177 e. The van der Waals surface area contributed by atoms with E-state index in [0.717, 1.165) is 17.3 Å². The number of hydrogen-bond acceptors (Lipinski definition) is 1. The van der Waals surface area contributed by atoms with Crippen LogP contribution >= 0.6 is 15.9 Å². The monoisotopic (exact) mass is 227 g/mol. The molecule has 2 N–H and O–H groups in total. The van der Waals surface area contributed by atoms with Crippen molar-refractivity contribution in [3.63, 3.8) is 0 Å². The SMILES string of the molecule is C[C@@H](N)CCc1cccc(Br)c1. The lowest BCUT2D eigenvalue weighted by Crippen LogP contribution is -2.15. The van der Waals surface area contributed by atoms with Crippen LogP contribution in [0.3, 0.4) is 0 Å². The minimum absolute atomic E-state index is 0.295. The summed E-state index contributed by atoms with van der Waals surface area (Å²) in [5, 5.41) is 0. The third kappa shape index (κ3) is 3.37. The van der Waals surface area contributed by atoms with E-state index in [1.807, 2.05) is 13.0 Å². The van der Waals surface area contributed by atoms with Gasteiger partial charge in [-0.15, -0.1) is 0 Å². The van der Waals surface area contributed by atoms with Crippen molar-refractivity contribution in [1.29, 1.82) is 0 Å². The molecule has 0 fully saturated rings. The van der Waals surface area contributed by atoms with Crippen LogP contribution in [-0.4, -0.2) is 6.04 Å². The summed E-state index contributed by atoms with van der Waals surface area (Å²) in [6, 6.07) is 8.66. The Labute approximate surface area is 82.1 Å². The highest BCUT2D eigenvalue weighted by molar-refractivity contribution is 9.10. The lowest BCUT2D eigenvalue weighted by molar-refractivity contribution is 0.666. The first-order valence-electron chi connectivity index (χ1n) is 4.18. The van der Waals surface area contributed by atoms with E-state index < -0.39 is 0 Å². The maximum absolute atomic E-state index is 5.67. The van der Waals surface area contributed by atoms with Gasteiger partial charge in [-0.1, -0.05) is 28.1 Å². The second-order valence-corrected chi connectivity index (χ2v) is 4.06. The lowest BCUT2D eigenvalue weighted by atomic mass is 10.1. The van der Waals surface area contributed by atoms with E-state index in [2.05, 4.69) is 34.1 Å². The Balaban J connectivity index is 2.52. The molecular weight excluding hydrogens is 214 g/mol. The van der Waals surface area contributed by atoms with E-state index in [9.17, 15) is 0 Å². The van der Waals surface area contributed by atoms with Gasteiger partial charge >= 0.3 is 0 Å². The molecule has 0 heterocycles. The zero-order valence-corrected chi connectivity index (χ0v) is 8.84. The van der Waals surface area contributed by atoms with Crippen LogP contribution in [0.1, 0.15) is 18.9 Å². The van der Waals surface area contributed by atoms with Gasteiger partial charge in [-0.3, -0.25) is 0 Å². The van der Waals surface area contributed by atoms with Crippen LogP contribution in [0.4, 0.5) is 0 Å². The van der Waals surface area contributed by atoms with Crippen molar-refractivity contribution in [3.05, 3.63) is 34.3 Å². The molecule has 0 radical (unpaired) electrons. The average molecular weight is 228 g/mol. The summed E-state index contributed by atoms with van der Waals surface area (Å²) < 4.78 is 1.14. The highest BCUT2D eigenvalue weighted by Gasteiger charge is 1.96. The summed E-state index contributed by atoms with van der Waals surface area (Å²) >= 11 is 3.44. The largest absolute Gasteiger partial charge is 0.328 e. The van der Waals surface area contributed by atoms with Crippen molar-refractivity contribution in [1.82, 2.24) is 0 Å². The molecule has 0 bridgehead atoms. The number of nitrogens with two attached hydrogens (primary N) is 1. The molecule has 1 nitrogen and oxygen atoms in total. The Morgan fingerprint density at radius 2 is 2.25 bits per heavy atom. The Morgan fingerprint density at radius 3 is 2.83 bits per heavy atom. The third-order valence-electron chi connectivity index (χ3n) is 1.78. The molecule has 0 aromatic heterocycles. The zero-order valence-electron chi connectivity index (χ0n) is 7.26. The van der Waals surface area contributed by atoms with Gasteiger partial charge in [0.05, 0.1) is 0 Å². The first-order valence-corrected chi connectivity index (χ1v) is 4.98. The molecule has 12 heavy (non-hydrogen) atoms. The quantitative estimate of drug-likeness (QED) is 0.845. The minimum Gasteiger partial charge on any atom is -0.328 e. The molecule has 2 heteroatoms. The molecule has 1 aromatic carbocycles. The summed E-state index contributed by atoms with van der Waals surface area (Å²) in [4.78, 5) is 0. The number of benzene rings is 1. The maximum atomic E-state index is 5.67. The number of aryl methyl sites for hydroxylation is 1. The highest BCUT2D eigenvalue weighted by Crippen LogP contribution is 2.13. The zero-order chi connectivity index (χ0) is 8.97. The molecule has 0 aliphatic heterocycles. The average Bonchev–Trinajstić information content (AvgIpc) is 2.01. The molecule has 66 valence electrons. The Morgan fingerprint density at radius 1 is 1.50 bits per heavy atom. The highest BCUT2D eigenvalue weighted by atomic mass is 79.9. The molecule has 1 aromatic rings. The van der Waals surface area contributed by atoms with Gasteiger partial charge in [-0.25, -0.2) is 0 Å². The van der Waals surface area contributed by atoms with Crippen LogP contribution in [0, 0.1) is 0 Å². The molecular formula is C10H14BrN. The number of halogens is 1. The van der Waals surface area contributed by atoms with Crippen LogP contribution < -0.4 is 5.73 Å². The normalized spacial score (nSPS) is 12.9. The van der Waals surface area contributed by atoms with Crippen molar-refractivity contribution in [2.45, 2.75) is 25.8 Å². The minimum atomic E-state index is 0.295. The second-order valence-electron chi connectivity index (χ2n) is 3.15. The van der Waals surface area contributed by atoms with E-state index in [-0.39, 0.29) is 0 Å². The van der Waals surface area contributed by atoms with E-state index in [1.165, 1.54) is 5.56 Å². The second kappa shape index (κ2) is 4.63. The van der Waals surface area contributed by atoms with E-state index in [1.54, 1.807) is 0 Å². The van der Waals surface area contributed by atoms with Crippen molar-refractivity contribution in [2.75, 3.05) is 0 Å².